The van der Waals surface area contributed by atoms with Gasteiger partial charge in [0, 0.05) is 20.1 Å². The van der Waals surface area contributed by atoms with Gasteiger partial charge in [-0.3, -0.25) is 0 Å². The highest BCUT2D eigenvalue weighted by Gasteiger charge is 2.10. The lowest BCUT2D eigenvalue weighted by atomic mass is 10.2. The largest absolute Gasteiger partial charge is 0.476 e. The van der Waals surface area contributed by atoms with Gasteiger partial charge in [0.2, 0.25) is 0 Å². The number of nitrogens with one attached hydrogen (secondary N) is 1. The van der Waals surface area contributed by atoms with Crippen LogP contribution in [0.3, 0.4) is 0 Å². The molecule has 0 aliphatic carbocycles. The zero-order chi connectivity index (χ0) is 14.4. The van der Waals surface area contributed by atoms with E-state index in [2.05, 4.69) is 15.6 Å². The second-order valence-electron chi connectivity index (χ2n) is 4.68. The fraction of sp³-hybridized carbons (Fsp3) is 0.636. The van der Waals surface area contributed by atoms with Crippen molar-refractivity contribution in [3.63, 3.8) is 0 Å². The van der Waals surface area contributed by atoms with Crippen molar-refractivity contribution in [1.29, 1.82) is 0 Å². The standard InChI is InChI=1S/C11H19N5O3/c1-8(2)6-15(3)11(19)12-4-5-16-7-9(10(17)18)13-14-16/h7-8H,4-6H2,1-3H3,(H,12,19)(H,17,18). The minimum Gasteiger partial charge on any atom is -0.476 e. The van der Waals surface area contributed by atoms with E-state index in [4.69, 9.17) is 5.11 Å². The average molecular weight is 269 g/mol. The second kappa shape index (κ2) is 6.72. The molecular weight excluding hydrogens is 250 g/mol. The van der Waals surface area contributed by atoms with Crippen molar-refractivity contribution in [2.45, 2.75) is 20.4 Å². The van der Waals surface area contributed by atoms with Crippen LogP contribution in [-0.4, -0.2) is 57.1 Å². The van der Waals surface area contributed by atoms with Gasteiger partial charge in [-0.05, 0) is 5.92 Å². The van der Waals surface area contributed by atoms with Gasteiger partial charge in [0.05, 0.1) is 12.7 Å². The van der Waals surface area contributed by atoms with E-state index in [1.54, 1.807) is 11.9 Å². The molecule has 0 saturated heterocycles. The lowest BCUT2D eigenvalue weighted by Gasteiger charge is -2.19. The number of rotatable bonds is 6. The molecule has 0 spiro atoms. The molecule has 0 aromatic carbocycles. The fourth-order valence-electron chi connectivity index (χ4n) is 1.55. The summed E-state index contributed by atoms with van der Waals surface area (Å²) in [7, 11) is 1.73. The van der Waals surface area contributed by atoms with Gasteiger partial charge in [-0.1, -0.05) is 19.1 Å². The summed E-state index contributed by atoms with van der Waals surface area (Å²) in [5, 5.41) is 18.5. The molecule has 1 rings (SSSR count). The van der Waals surface area contributed by atoms with Gasteiger partial charge in [0.1, 0.15) is 0 Å². The van der Waals surface area contributed by atoms with Gasteiger partial charge in [-0.15, -0.1) is 5.10 Å². The van der Waals surface area contributed by atoms with Crippen molar-refractivity contribution in [1.82, 2.24) is 25.2 Å². The van der Waals surface area contributed by atoms with Gasteiger partial charge >= 0.3 is 12.0 Å². The number of nitrogens with zero attached hydrogens (tertiary/aromatic N) is 4. The Morgan fingerprint density at radius 3 is 2.74 bits per heavy atom. The van der Waals surface area contributed by atoms with Gasteiger partial charge in [-0.25, -0.2) is 14.3 Å². The number of carbonyl (C=O) groups is 2. The molecule has 0 radical (unpaired) electrons. The van der Waals surface area contributed by atoms with Crippen LogP contribution >= 0.6 is 0 Å². The molecule has 0 aliphatic heterocycles. The zero-order valence-electron chi connectivity index (χ0n) is 11.3. The maximum Gasteiger partial charge on any atom is 0.358 e. The fourth-order valence-corrected chi connectivity index (χ4v) is 1.55. The molecule has 8 nitrogen and oxygen atoms in total. The number of carbonyl (C=O) groups excluding carboxylic acids is 1. The Morgan fingerprint density at radius 2 is 2.21 bits per heavy atom. The topological polar surface area (TPSA) is 100 Å². The summed E-state index contributed by atoms with van der Waals surface area (Å²) in [5.74, 6) is -0.712. The quantitative estimate of drug-likeness (QED) is 0.772. The molecular formula is C11H19N5O3. The summed E-state index contributed by atoms with van der Waals surface area (Å²) in [6.45, 7) is 5.49. The third kappa shape index (κ3) is 4.94. The highest BCUT2D eigenvalue weighted by Crippen LogP contribution is 1.96. The molecule has 1 aromatic heterocycles. The van der Waals surface area contributed by atoms with Gasteiger partial charge < -0.3 is 15.3 Å². The minimum atomic E-state index is -1.12. The number of urea groups is 1. The maximum absolute atomic E-state index is 11.7. The van der Waals surface area contributed by atoms with Crippen LogP contribution in [0.2, 0.25) is 0 Å². The third-order valence-electron chi connectivity index (χ3n) is 2.36. The first kappa shape index (κ1) is 14.9. The molecule has 0 aliphatic rings. The smallest absolute Gasteiger partial charge is 0.358 e. The Balaban J connectivity index is 2.33. The molecule has 0 unspecified atom stereocenters. The van der Waals surface area contributed by atoms with E-state index in [0.717, 1.165) is 0 Å². The van der Waals surface area contributed by atoms with Crippen LogP contribution in [0.5, 0.6) is 0 Å². The molecule has 8 heteroatoms. The maximum atomic E-state index is 11.7. The van der Waals surface area contributed by atoms with Crippen LogP contribution < -0.4 is 5.32 Å². The molecule has 0 fully saturated rings. The zero-order valence-corrected chi connectivity index (χ0v) is 11.3. The van der Waals surface area contributed by atoms with E-state index < -0.39 is 5.97 Å². The van der Waals surface area contributed by atoms with E-state index in [0.29, 0.717) is 25.6 Å². The number of carboxylic acids is 1. The van der Waals surface area contributed by atoms with Crippen molar-refractivity contribution < 1.29 is 14.7 Å². The Kier molecular flexibility index (Phi) is 5.28. The van der Waals surface area contributed by atoms with Crippen molar-refractivity contribution in [3.8, 4) is 0 Å². The molecule has 0 saturated carbocycles. The Labute approximate surface area is 111 Å². The first-order chi connectivity index (χ1) is 8.90. The molecule has 1 aromatic rings. The second-order valence-corrected chi connectivity index (χ2v) is 4.68. The lowest BCUT2D eigenvalue weighted by Crippen LogP contribution is -2.40. The van der Waals surface area contributed by atoms with Crippen molar-refractivity contribution in [2.24, 2.45) is 5.92 Å². The van der Waals surface area contributed by atoms with Gasteiger partial charge in [-0.2, -0.15) is 0 Å². The number of hydrogen-bond donors (Lipinski definition) is 2. The van der Waals surface area contributed by atoms with E-state index in [1.165, 1.54) is 10.9 Å². The van der Waals surface area contributed by atoms with E-state index in [9.17, 15) is 9.59 Å². The van der Waals surface area contributed by atoms with Crippen molar-refractivity contribution >= 4 is 12.0 Å². The van der Waals surface area contributed by atoms with E-state index in [-0.39, 0.29) is 11.7 Å². The van der Waals surface area contributed by atoms with Crippen molar-refractivity contribution in [3.05, 3.63) is 11.9 Å². The summed E-state index contributed by atoms with van der Waals surface area (Å²) in [6.07, 6.45) is 1.33. The number of amides is 2. The molecule has 2 amide bonds. The first-order valence-corrected chi connectivity index (χ1v) is 6.02. The minimum absolute atomic E-state index is 0.108. The number of carboxylic acid groups (broad SMARTS) is 1. The highest BCUT2D eigenvalue weighted by molar-refractivity contribution is 5.84. The molecule has 0 atom stereocenters. The van der Waals surface area contributed by atoms with E-state index in [1.807, 2.05) is 13.8 Å². The van der Waals surface area contributed by atoms with Crippen LogP contribution in [0.4, 0.5) is 4.79 Å². The van der Waals surface area contributed by atoms with Crippen LogP contribution in [0.25, 0.3) is 0 Å². The highest BCUT2D eigenvalue weighted by atomic mass is 16.4. The molecule has 2 N–H and O–H groups in total. The van der Waals surface area contributed by atoms with Gasteiger partial charge in [0.25, 0.3) is 0 Å². The SMILES string of the molecule is CC(C)CN(C)C(=O)NCCn1cc(C(=O)O)nn1. The molecule has 1 heterocycles. The Bertz CT molecular complexity index is 443. The molecule has 0 bridgehead atoms. The Hall–Kier alpha value is -2.12. The summed E-state index contributed by atoms with van der Waals surface area (Å²) < 4.78 is 1.38. The lowest BCUT2D eigenvalue weighted by molar-refractivity contribution is 0.0690. The number of aromatic carboxylic acids is 1. The Morgan fingerprint density at radius 1 is 1.53 bits per heavy atom. The van der Waals surface area contributed by atoms with E-state index >= 15 is 0 Å². The monoisotopic (exact) mass is 269 g/mol. The van der Waals surface area contributed by atoms with Crippen LogP contribution in [0.15, 0.2) is 6.20 Å². The van der Waals surface area contributed by atoms with Gasteiger partial charge in [0.15, 0.2) is 5.69 Å². The molecule has 106 valence electrons. The average Bonchev–Trinajstić information content (AvgIpc) is 2.76. The third-order valence-corrected chi connectivity index (χ3v) is 2.36. The van der Waals surface area contributed by atoms with Crippen molar-refractivity contribution in [2.75, 3.05) is 20.1 Å². The number of aromatic nitrogens is 3. The number of hydrogen-bond acceptors (Lipinski definition) is 4. The van der Waals surface area contributed by atoms with Crippen LogP contribution in [0, 0.1) is 5.92 Å². The predicted octanol–water partition coefficient (Wildman–Crippen LogP) is 0.274. The summed E-state index contributed by atoms with van der Waals surface area (Å²) in [5.41, 5.74) is -0.108. The molecule has 19 heavy (non-hydrogen) atoms. The normalized spacial score (nSPS) is 10.5. The first-order valence-electron chi connectivity index (χ1n) is 6.02. The van der Waals surface area contributed by atoms with Crippen LogP contribution in [-0.2, 0) is 6.54 Å². The van der Waals surface area contributed by atoms with Crippen LogP contribution in [0.1, 0.15) is 24.3 Å². The summed E-state index contributed by atoms with van der Waals surface area (Å²) in [4.78, 5) is 23.9. The summed E-state index contributed by atoms with van der Waals surface area (Å²) >= 11 is 0. The predicted molar refractivity (Wildman–Crippen MR) is 67.8 cm³/mol. The summed E-state index contributed by atoms with van der Waals surface area (Å²) in [6, 6.07) is -0.160.